The molecule has 15 heavy (non-hydrogen) atoms. The highest BCUT2D eigenvalue weighted by Gasteiger charge is 2.19. The molecule has 1 aromatic rings. The van der Waals surface area contributed by atoms with Gasteiger partial charge in [0, 0.05) is 5.75 Å². The summed E-state index contributed by atoms with van der Waals surface area (Å²) in [5.41, 5.74) is 0. The molecule has 0 fully saturated rings. The zero-order chi connectivity index (χ0) is 11.6. The molecule has 1 heterocycles. The van der Waals surface area contributed by atoms with Crippen molar-refractivity contribution >= 4 is 57.2 Å². The van der Waals surface area contributed by atoms with Gasteiger partial charge in [0.2, 0.25) is 0 Å². The molecule has 84 valence electrons. The van der Waals surface area contributed by atoms with Gasteiger partial charge >= 0.3 is 0 Å². The van der Waals surface area contributed by atoms with Crippen molar-refractivity contribution in [1.29, 1.82) is 0 Å². The molecule has 0 N–H and O–H groups in total. The number of nitrogens with zero attached hydrogens (tertiary/aromatic N) is 1. The predicted octanol–water partition coefficient (Wildman–Crippen LogP) is 4.21. The Morgan fingerprint density at radius 2 is 1.60 bits per heavy atom. The molecule has 0 aliphatic rings. The van der Waals surface area contributed by atoms with Crippen LogP contribution in [0.25, 0.3) is 0 Å². The van der Waals surface area contributed by atoms with E-state index in [-0.39, 0.29) is 25.2 Å². The summed E-state index contributed by atoms with van der Waals surface area (Å²) in [7, 11) is -1.30. The van der Waals surface area contributed by atoms with Crippen LogP contribution in [0.3, 0.4) is 0 Å². The molecule has 0 saturated carbocycles. The van der Waals surface area contributed by atoms with Gasteiger partial charge in [0.25, 0.3) is 0 Å². The molecule has 1 unspecified atom stereocenters. The fourth-order valence-corrected chi connectivity index (χ4v) is 3.47. The third-order valence-electron chi connectivity index (χ3n) is 1.57. The van der Waals surface area contributed by atoms with Crippen LogP contribution in [0.5, 0.6) is 0 Å². The molecule has 1 aromatic heterocycles. The van der Waals surface area contributed by atoms with Crippen molar-refractivity contribution in [1.82, 2.24) is 4.98 Å². The van der Waals surface area contributed by atoms with E-state index < -0.39 is 10.8 Å². The van der Waals surface area contributed by atoms with Gasteiger partial charge in [-0.15, -0.1) is 0 Å². The van der Waals surface area contributed by atoms with Crippen molar-refractivity contribution in [3.63, 3.8) is 0 Å². The van der Waals surface area contributed by atoms with Crippen LogP contribution >= 0.6 is 46.4 Å². The number of halogens is 4. The van der Waals surface area contributed by atoms with E-state index in [4.69, 9.17) is 46.4 Å². The zero-order valence-corrected chi connectivity index (χ0v) is 11.5. The van der Waals surface area contributed by atoms with Gasteiger partial charge in [-0.05, 0) is 6.42 Å². The maximum absolute atomic E-state index is 11.8. The molecular weight excluding hydrogens is 300 g/mol. The first-order valence-corrected chi connectivity index (χ1v) is 6.90. The third kappa shape index (κ3) is 2.98. The lowest BCUT2D eigenvalue weighted by molar-refractivity contribution is 0.682. The summed E-state index contributed by atoms with van der Waals surface area (Å²) in [6, 6.07) is 0. The molecule has 0 aromatic carbocycles. The minimum absolute atomic E-state index is 0.0190. The summed E-state index contributed by atoms with van der Waals surface area (Å²) < 4.78 is 11.8. The Bertz CT molecular complexity index is 384. The van der Waals surface area contributed by atoms with E-state index in [0.29, 0.717) is 5.75 Å². The molecule has 0 amide bonds. The largest absolute Gasteiger partial charge is 0.254 e. The number of hydrogen-bond acceptors (Lipinski definition) is 2. The minimum Gasteiger partial charge on any atom is -0.254 e. The molecule has 0 saturated heterocycles. The first-order chi connectivity index (χ1) is 6.99. The Hall–Kier alpha value is 0.460. The van der Waals surface area contributed by atoms with Crippen LogP contribution in [0, 0.1) is 0 Å². The minimum atomic E-state index is -1.30. The van der Waals surface area contributed by atoms with Crippen molar-refractivity contribution in [3.05, 3.63) is 20.4 Å². The van der Waals surface area contributed by atoms with E-state index in [0.717, 1.165) is 6.42 Å². The fourth-order valence-electron chi connectivity index (χ4n) is 0.955. The van der Waals surface area contributed by atoms with E-state index in [2.05, 4.69) is 4.98 Å². The van der Waals surface area contributed by atoms with Gasteiger partial charge in [-0.25, -0.2) is 4.98 Å². The molecule has 0 bridgehead atoms. The van der Waals surface area contributed by atoms with E-state index in [1.165, 1.54) is 0 Å². The normalized spacial score (nSPS) is 12.9. The van der Waals surface area contributed by atoms with Crippen molar-refractivity contribution in [3.8, 4) is 0 Å². The molecule has 1 atom stereocenters. The van der Waals surface area contributed by atoms with Crippen molar-refractivity contribution < 1.29 is 4.21 Å². The summed E-state index contributed by atoms with van der Waals surface area (Å²) in [5.74, 6) is 0.454. The summed E-state index contributed by atoms with van der Waals surface area (Å²) >= 11 is 23.2. The Morgan fingerprint density at radius 3 is 2.00 bits per heavy atom. The predicted molar refractivity (Wildman–Crippen MR) is 65.8 cm³/mol. The Balaban J connectivity index is 3.32. The highest BCUT2D eigenvalue weighted by molar-refractivity contribution is 7.85. The van der Waals surface area contributed by atoms with Crippen LogP contribution in [-0.2, 0) is 10.8 Å². The number of pyridine rings is 1. The zero-order valence-electron chi connectivity index (χ0n) is 7.69. The lowest BCUT2D eigenvalue weighted by Gasteiger charge is -2.08. The van der Waals surface area contributed by atoms with Crippen LogP contribution in [0.4, 0.5) is 0 Å². The van der Waals surface area contributed by atoms with Crippen LogP contribution < -0.4 is 0 Å². The number of aromatic nitrogens is 1. The van der Waals surface area contributed by atoms with E-state index >= 15 is 0 Å². The Labute approximate surface area is 110 Å². The van der Waals surface area contributed by atoms with Gasteiger partial charge in [0.15, 0.2) is 10.3 Å². The van der Waals surface area contributed by atoms with Gasteiger partial charge in [-0.2, -0.15) is 0 Å². The maximum Gasteiger partial charge on any atom is 0.150 e. The molecule has 0 aliphatic heterocycles. The van der Waals surface area contributed by atoms with Gasteiger partial charge < -0.3 is 0 Å². The summed E-state index contributed by atoms with van der Waals surface area (Å²) in [4.78, 5) is 3.98. The second-order valence-corrected chi connectivity index (χ2v) is 5.68. The molecule has 0 radical (unpaired) electrons. The average molecular weight is 307 g/mol. The van der Waals surface area contributed by atoms with E-state index in [1.54, 1.807) is 0 Å². The second kappa shape index (κ2) is 5.69. The van der Waals surface area contributed by atoms with Crippen LogP contribution in [0.2, 0.25) is 20.4 Å². The molecule has 0 aliphatic carbocycles. The molecule has 1 rings (SSSR count). The van der Waals surface area contributed by atoms with Crippen molar-refractivity contribution in [2.45, 2.75) is 18.2 Å². The van der Waals surface area contributed by atoms with Gasteiger partial charge in [0.1, 0.15) is 0 Å². The second-order valence-electron chi connectivity index (χ2n) is 2.70. The maximum atomic E-state index is 11.8. The van der Waals surface area contributed by atoms with E-state index in [1.807, 2.05) is 6.92 Å². The lowest BCUT2D eigenvalue weighted by atomic mass is 10.5. The summed E-state index contributed by atoms with van der Waals surface area (Å²) in [6.07, 6.45) is 0.747. The monoisotopic (exact) mass is 305 g/mol. The molecule has 2 nitrogen and oxygen atoms in total. The van der Waals surface area contributed by atoms with Crippen LogP contribution in [-0.4, -0.2) is 14.9 Å². The molecule has 7 heteroatoms. The van der Waals surface area contributed by atoms with Gasteiger partial charge in [-0.3, -0.25) is 4.21 Å². The summed E-state index contributed by atoms with van der Waals surface area (Å²) in [5, 5.41) is 0.256. The number of rotatable bonds is 3. The molecular formula is C8H7Cl4NOS. The highest BCUT2D eigenvalue weighted by atomic mass is 35.5. The SMILES string of the molecule is CCCS(=O)c1c(Cl)c(Cl)nc(Cl)c1Cl. The lowest BCUT2D eigenvalue weighted by Crippen LogP contribution is -2.00. The Morgan fingerprint density at radius 1 is 1.13 bits per heavy atom. The standard InChI is InChI=1S/C8H7Cl4NOS/c1-2-3-15(14)6-4(9)7(11)13-8(12)5(6)10/h2-3H2,1H3. The van der Waals surface area contributed by atoms with Crippen LogP contribution in [0.15, 0.2) is 4.90 Å². The quantitative estimate of drug-likeness (QED) is 0.783. The summed E-state index contributed by atoms with van der Waals surface area (Å²) in [6.45, 7) is 1.91. The Kier molecular flexibility index (Phi) is 5.13. The smallest absolute Gasteiger partial charge is 0.150 e. The van der Waals surface area contributed by atoms with Gasteiger partial charge in [-0.1, -0.05) is 53.3 Å². The topological polar surface area (TPSA) is 30.0 Å². The van der Waals surface area contributed by atoms with Gasteiger partial charge in [0.05, 0.1) is 25.7 Å². The van der Waals surface area contributed by atoms with Crippen molar-refractivity contribution in [2.24, 2.45) is 0 Å². The first kappa shape index (κ1) is 13.5. The van der Waals surface area contributed by atoms with Crippen molar-refractivity contribution in [2.75, 3.05) is 5.75 Å². The van der Waals surface area contributed by atoms with Crippen LogP contribution in [0.1, 0.15) is 13.3 Å². The number of hydrogen-bond donors (Lipinski definition) is 0. The molecule has 0 spiro atoms. The highest BCUT2D eigenvalue weighted by Crippen LogP contribution is 2.36. The average Bonchev–Trinajstić information content (AvgIpc) is 2.16. The van der Waals surface area contributed by atoms with E-state index in [9.17, 15) is 4.21 Å². The first-order valence-electron chi connectivity index (χ1n) is 4.07. The fraction of sp³-hybridized carbons (Fsp3) is 0.375. The third-order valence-corrected chi connectivity index (χ3v) is 4.92.